The Morgan fingerprint density at radius 1 is 1.28 bits per heavy atom. The Hall–Kier alpha value is -1.58. The maximum Gasteiger partial charge on any atom is 0.329 e. The molecule has 25 heavy (non-hydrogen) atoms. The quantitative estimate of drug-likeness (QED) is 0.681. The van der Waals surface area contributed by atoms with Crippen LogP contribution in [0.2, 0.25) is 0 Å². The van der Waals surface area contributed by atoms with Gasteiger partial charge in [0.15, 0.2) is 0 Å². The van der Waals surface area contributed by atoms with E-state index in [1.165, 1.54) is 12.1 Å². The molecule has 138 valence electrons. The van der Waals surface area contributed by atoms with Crippen LogP contribution in [0.15, 0.2) is 23.1 Å². The summed E-state index contributed by atoms with van der Waals surface area (Å²) in [5.41, 5.74) is -0.554. The Bertz CT molecular complexity index is 771. The third kappa shape index (κ3) is 4.34. The number of aliphatic carboxylic acids is 1. The Morgan fingerprint density at radius 3 is 2.48 bits per heavy atom. The molecular formula is C16H22N2O5S2. The van der Waals surface area contributed by atoms with Gasteiger partial charge in [0.1, 0.15) is 5.54 Å². The molecule has 1 aromatic carbocycles. The number of sulfonamides is 1. The normalized spacial score (nSPS) is 17.0. The average Bonchev–Trinajstić information content (AvgIpc) is 2.55. The minimum atomic E-state index is -3.70. The highest BCUT2D eigenvalue weighted by Crippen LogP contribution is 2.28. The van der Waals surface area contributed by atoms with Crippen molar-refractivity contribution in [1.82, 2.24) is 10.0 Å². The first-order valence-electron chi connectivity index (χ1n) is 7.96. The van der Waals surface area contributed by atoms with Gasteiger partial charge in [0.2, 0.25) is 10.0 Å². The molecule has 0 atom stereocenters. The molecule has 0 unspecified atom stereocenters. The molecule has 2 rings (SSSR count). The van der Waals surface area contributed by atoms with Crippen molar-refractivity contribution in [2.75, 3.05) is 18.1 Å². The fraction of sp³-hybridized carbons (Fsp3) is 0.500. The summed E-state index contributed by atoms with van der Waals surface area (Å²) in [4.78, 5) is 24.4. The number of thioether (sulfide) groups is 1. The molecule has 1 fully saturated rings. The van der Waals surface area contributed by atoms with E-state index in [9.17, 15) is 23.1 Å². The van der Waals surface area contributed by atoms with Gasteiger partial charge < -0.3 is 10.4 Å². The Morgan fingerprint density at radius 2 is 1.92 bits per heavy atom. The molecular weight excluding hydrogens is 364 g/mol. The van der Waals surface area contributed by atoms with E-state index < -0.39 is 27.4 Å². The van der Waals surface area contributed by atoms with Gasteiger partial charge in [-0.2, -0.15) is 11.8 Å². The highest BCUT2D eigenvalue weighted by Gasteiger charge is 2.41. The van der Waals surface area contributed by atoms with E-state index in [4.69, 9.17) is 0 Å². The van der Waals surface area contributed by atoms with E-state index in [2.05, 4.69) is 10.0 Å². The van der Waals surface area contributed by atoms with Crippen molar-refractivity contribution in [2.24, 2.45) is 0 Å². The molecule has 0 saturated carbocycles. The third-order valence-electron chi connectivity index (χ3n) is 4.21. The molecule has 1 aliphatic rings. The van der Waals surface area contributed by atoms with Crippen molar-refractivity contribution in [1.29, 1.82) is 0 Å². The van der Waals surface area contributed by atoms with Crippen LogP contribution in [-0.2, 0) is 14.8 Å². The first-order valence-corrected chi connectivity index (χ1v) is 10.6. The summed E-state index contributed by atoms with van der Waals surface area (Å²) in [6.45, 7) is 3.58. The predicted molar refractivity (Wildman–Crippen MR) is 96.4 cm³/mol. The van der Waals surface area contributed by atoms with Crippen LogP contribution in [0.3, 0.4) is 0 Å². The van der Waals surface area contributed by atoms with Gasteiger partial charge in [-0.25, -0.2) is 17.9 Å². The van der Waals surface area contributed by atoms with Crippen LogP contribution >= 0.6 is 11.8 Å². The monoisotopic (exact) mass is 386 g/mol. The second-order valence-electron chi connectivity index (χ2n) is 5.93. The van der Waals surface area contributed by atoms with Crippen molar-refractivity contribution in [3.8, 4) is 0 Å². The van der Waals surface area contributed by atoms with Gasteiger partial charge >= 0.3 is 5.97 Å². The van der Waals surface area contributed by atoms with Crippen LogP contribution in [0.1, 0.15) is 35.7 Å². The second-order valence-corrected chi connectivity index (χ2v) is 8.92. The molecule has 7 nitrogen and oxygen atoms in total. The molecule has 1 heterocycles. The number of carboxylic acid groups (broad SMARTS) is 1. The standard InChI is InChI=1S/C16H22N2O5S2/c1-3-17-25(22,23)12-5-4-11(2)13(10-12)14(19)18-16(15(20)21)6-8-24-9-7-16/h4-5,10,17H,3,6-9H2,1-2H3,(H,18,19)(H,20,21). The molecule has 1 saturated heterocycles. The molecule has 9 heteroatoms. The summed E-state index contributed by atoms with van der Waals surface area (Å²) in [7, 11) is -3.70. The maximum absolute atomic E-state index is 12.7. The molecule has 3 N–H and O–H groups in total. The lowest BCUT2D eigenvalue weighted by Gasteiger charge is -2.33. The van der Waals surface area contributed by atoms with Crippen LogP contribution in [-0.4, -0.2) is 49.0 Å². The average molecular weight is 386 g/mol. The van der Waals surface area contributed by atoms with Gasteiger partial charge in [0.05, 0.1) is 4.90 Å². The van der Waals surface area contributed by atoms with Gasteiger partial charge in [0.25, 0.3) is 5.91 Å². The van der Waals surface area contributed by atoms with Gasteiger partial charge in [0, 0.05) is 12.1 Å². The molecule has 0 radical (unpaired) electrons. The predicted octanol–water partition coefficient (Wildman–Crippen LogP) is 1.37. The van der Waals surface area contributed by atoms with E-state index in [0.29, 0.717) is 29.9 Å². The lowest BCUT2D eigenvalue weighted by Crippen LogP contribution is -2.56. The van der Waals surface area contributed by atoms with Crippen LogP contribution in [0, 0.1) is 6.92 Å². The molecule has 0 spiro atoms. The zero-order chi connectivity index (χ0) is 18.7. The van der Waals surface area contributed by atoms with Crippen molar-refractivity contribution in [3.05, 3.63) is 29.3 Å². The van der Waals surface area contributed by atoms with E-state index in [1.54, 1.807) is 31.7 Å². The molecule has 0 bridgehead atoms. The Kier molecular flexibility index (Phi) is 6.12. The van der Waals surface area contributed by atoms with Gasteiger partial charge in [-0.15, -0.1) is 0 Å². The summed E-state index contributed by atoms with van der Waals surface area (Å²) >= 11 is 1.65. The van der Waals surface area contributed by atoms with Gasteiger partial charge in [-0.05, 0) is 49.0 Å². The fourth-order valence-corrected chi connectivity index (χ4v) is 4.94. The summed E-state index contributed by atoms with van der Waals surface area (Å²) in [6.07, 6.45) is 0.681. The topological polar surface area (TPSA) is 113 Å². The fourth-order valence-electron chi connectivity index (χ4n) is 2.68. The van der Waals surface area contributed by atoms with E-state index in [-0.39, 0.29) is 17.0 Å². The van der Waals surface area contributed by atoms with Crippen LogP contribution in [0.25, 0.3) is 0 Å². The number of aryl methyl sites for hydroxylation is 1. The van der Waals surface area contributed by atoms with Crippen LogP contribution in [0.4, 0.5) is 0 Å². The Labute approximate surface area is 151 Å². The highest BCUT2D eigenvalue weighted by molar-refractivity contribution is 7.99. The molecule has 0 aromatic heterocycles. The number of rotatable bonds is 6. The first kappa shape index (κ1) is 19.7. The summed E-state index contributed by atoms with van der Waals surface area (Å²) in [5, 5.41) is 12.2. The number of hydrogen-bond donors (Lipinski definition) is 3. The lowest BCUT2D eigenvalue weighted by molar-refractivity contribution is -0.144. The zero-order valence-electron chi connectivity index (χ0n) is 14.2. The number of carbonyl (C=O) groups is 2. The molecule has 0 aliphatic carbocycles. The third-order valence-corrected chi connectivity index (χ3v) is 6.74. The minimum absolute atomic E-state index is 0.0197. The van der Waals surface area contributed by atoms with E-state index in [1.807, 2.05) is 0 Å². The van der Waals surface area contributed by atoms with Gasteiger partial charge in [-0.3, -0.25) is 4.79 Å². The Balaban J connectivity index is 2.34. The molecule has 1 aliphatic heterocycles. The van der Waals surface area contributed by atoms with Crippen molar-refractivity contribution < 1.29 is 23.1 Å². The van der Waals surface area contributed by atoms with Gasteiger partial charge in [-0.1, -0.05) is 13.0 Å². The minimum Gasteiger partial charge on any atom is -0.480 e. The van der Waals surface area contributed by atoms with Crippen molar-refractivity contribution >= 4 is 33.7 Å². The van der Waals surface area contributed by atoms with Crippen molar-refractivity contribution in [3.63, 3.8) is 0 Å². The van der Waals surface area contributed by atoms with Crippen LogP contribution in [0.5, 0.6) is 0 Å². The smallest absolute Gasteiger partial charge is 0.329 e. The first-order chi connectivity index (χ1) is 11.7. The maximum atomic E-state index is 12.7. The zero-order valence-corrected chi connectivity index (χ0v) is 15.8. The van der Waals surface area contributed by atoms with Crippen molar-refractivity contribution in [2.45, 2.75) is 37.1 Å². The summed E-state index contributed by atoms with van der Waals surface area (Å²) in [6, 6.07) is 4.26. The number of amides is 1. The largest absolute Gasteiger partial charge is 0.480 e. The second kappa shape index (κ2) is 7.76. The summed E-state index contributed by atoms with van der Waals surface area (Å²) in [5.74, 6) is -0.323. The number of hydrogen-bond acceptors (Lipinski definition) is 5. The van der Waals surface area contributed by atoms with E-state index in [0.717, 1.165) is 0 Å². The SMILES string of the molecule is CCNS(=O)(=O)c1ccc(C)c(C(=O)NC2(C(=O)O)CCSCC2)c1. The highest BCUT2D eigenvalue weighted by atomic mass is 32.2. The number of benzene rings is 1. The molecule has 1 amide bonds. The summed E-state index contributed by atoms with van der Waals surface area (Å²) < 4.78 is 26.7. The van der Waals surface area contributed by atoms with Crippen LogP contribution < -0.4 is 10.0 Å². The van der Waals surface area contributed by atoms with E-state index >= 15 is 0 Å². The lowest BCUT2D eigenvalue weighted by atomic mass is 9.91. The molecule has 1 aromatic rings. The number of carbonyl (C=O) groups excluding carboxylic acids is 1. The number of nitrogens with one attached hydrogen (secondary N) is 2. The number of carboxylic acids is 1.